The van der Waals surface area contributed by atoms with Crippen LogP contribution in [0.4, 0.5) is 0 Å². The lowest BCUT2D eigenvalue weighted by Gasteiger charge is -2.13. The average molecular weight is 298 g/mol. The van der Waals surface area contributed by atoms with Gasteiger partial charge < -0.3 is 15.0 Å². The number of benzene rings is 1. The third kappa shape index (κ3) is 2.00. The number of allylic oxidation sites excluding steroid dienone is 1. The van der Waals surface area contributed by atoms with Crippen LogP contribution in [-0.2, 0) is 16.6 Å². The van der Waals surface area contributed by atoms with Gasteiger partial charge in [-0.2, -0.15) is 0 Å². The van der Waals surface area contributed by atoms with Crippen molar-refractivity contribution < 1.29 is 19.5 Å². The minimum absolute atomic E-state index is 0.0383. The van der Waals surface area contributed by atoms with Gasteiger partial charge in [-0.15, -0.1) is 0 Å². The molecule has 2 N–H and O–H groups in total. The Morgan fingerprint density at radius 1 is 1.32 bits per heavy atom. The number of amides is 1. The topological polar surface area (TPSA) is 88.4 Å². The second-order valence-corrected chi connectivity index (χ2v) is 5.33. The van der Waals surface area contributed by atoms with E-state index in [9.17, 15) is 19.5 Å². The van der Waals surface area contributed by atoms with E-state index in [1.807, 2.05) is 25.1 Å². The standard InChI is InChI=1S/C16H14N2O4/c1-8-3-4-11-9(5-8)14(15(16(21)22)18(11)2)10-7-17-13(20)6-12(10)19/h3-5,7H,6H2,1-2H3,(H,17,20)(H,21,22). The van der Waals surface area contributed by atoms with Crippen LogP contribution >= 0.6 is 0 Å². The molecule has 0 radical (unpaired) electrons. The van der Waals surface area contributed by atoms with Crippen molar-refractivity contribution in [2.45, 2.75) is 13.3 Å². The lowest BCUT2D eigenvalue weighted by atomic mass is 9.95. The van der Waals surface area contributed by atoms with E-state index >= 15 is 0 Å². The summed E-state index contributed by atoms with van der Waals surface area (Å²) < 4.78 is 1.55. The molecule has 3 rings (SSSR count). The molecule has 22 heavy (non-hydrogen) atoms. The molecule has 1 aromatic carbocycles. The lowest BCUT2D eigenvalue weighted by Crippen LogP contribution is -2.27. The van der Waals surface area contributed by atoms with Crippen molar-refractivity contribution in [1.82, 2.24) is 9.88 Å². The fraction of sp³-hybridized carbons (Fsp3) is 0.188. The summed E-state index contributed by atoms with van der Waals surface area (Å²) in [6.07, 6.45) is 1.03. The van der Waals surface area contributed by atoms with Gasteiger partial charge in [0, 0.05) is 35.3 Å². The second-order valence-electron chi connectivity index (χ2n) is 5.33. The maximum atomic E-state index is 12.2. The van der Waals surface area contributed by atoms with Crippen LogP contribution in [-0.4, -0.2) is 27.3 Å². The number of nitrogens with zero attached hydrogens (tertiary/aromatic N) is 1. The van der Waals surface area contributed by atoms with Crippen molar-refractivity contribution >= 4 is 34.1 Å². The largest absolute Gasteiger partial charge is 0.477 e. The zero-order chi connectivity index (χ0) is 16.0. The number of ketones is 1. The molecule has 2 heterocycles. The van der Waals surface area contributed by atoms with Crippen molar-refractivity contribution in [2.75, 3.05) is 0 Å². The Hall–Kier alpha value is -2.89. The Morgan fingerprint density at radius 3 is 2.68 bits per heavy atom. The van der Waals surface area contributed by atoms with Crippen LogP contribution in [0.15, 0.2) is 24.4 Å². The fourth-order valence-electron chi connectivity index (χ4n) is 2.82. The molecule has 0 atom stereocenters. The molecule has 0 aliphatic carbocycles. The summed E-state index contributed by atoms with van der Waals surface area (Å²) in [5.41, 5.74) is 2.32. The van der Waals surface area contributed by atoms with E-state index in [-0.39, 0.29) is 29.4 Å². The number of carbonyl (C=O) groups is 3. The molecule has 1 aliphatic heterocycles. The normalized spacial score (nSPS) is 14.9. The predicted molar refractivity (Wildman–Crippen MR) is 80.4 cm³/mol. The third-order valence-corrected chi connectivity index (χ3v) is 3.83. The number of carbonyl (C=O) groups excluding carboxylic acids is 2. The highest BCUT2D eigenvalue weighted by Gasteiger charge is 2.29. The number of fused-ring (bicyclic) bond motifs is 1. The van der Waals surface area contributed by atoms with Gasteiger partial charge in [-0.1, -0.05) is 11.6 Å². The molecule has 0 unspecified atom stereocenters. The summed E-state index contributed by atoms with van der Waals surface area (Å²) >= 11 is 0. The number of aromatic carboxylic acids is 1. The van der Waals surface area contributed by atoms with Crippen molar-refractivity contribution in [3.8, 4) is 0 Å². The lowest BCUT2D eigenvalue weighted by molar-refractivity contribution is -0.125. The first-order valence-electron chi connectivity index (χ1n) is 6.75. The van der Waals surface area contributed by atoms with Crippen LogP contribution in [0, 0.1) is 6.92 Å². The van der Waals surface area contributed by atoms with Gasteiger partial charge in [-0.05, 0) is 19.1 Å². The van der Waals surface area contributed by atoms with Crippen molar-refractivity contribution in [3.63, 3.8) is 0 Å². The minimum Gasteiger partial charge on any atom is -0.477 e. The second kappa shape index (κ2) is 4.84. The number of Topliss-reactive ketones (excluding diaryl/α,β-unsaturated/α-hetero) is 1. The third-order valence-electron chi connectivity index (χ3n) is 3.83. The highest BCUT2D eigenvalue weighted by Crippen LogP contribution is 2.33. The molecule has 1 aliphatic rings. The molecular weight excluding hydrogens is 284 g/mol. The van der Waals surface area contributed by atoms with Crippen LogP contribution < -0.4 is 5.32 Å². The Balaban J connectivity index is 2.39. The average Bonchev–Trinajstić information content (AvgIpc) is 2.71. The summed E-state index contributed by atoms with van der Waals surface area (Å²) in [6.45, 7) is 1.90. The Bertz CT molecular complexity index is 874. The maximum absolute atomic E-state index is 12.2. The van der Waals surface area contributed by atoms with E-state index in [1.165, 1.54) is 6.20 Å². The molecule has 6 nitrogen and oxygen atoms in total. The first kappa shape index (κ1) is 14.1. The molecule has 0 fully saturated rings. The van der Waals surface area contributed by atoms with Gasteiger partial charge in [0.1, 0.15) is 5.69 Å². The molecule has 0 bridgehead atoms. The van der Waals surface area contributed by atoms with Gasteiger partial charge >= 0.3 is 5.97 Å². The predicted octanol–water partition coefficient (Wildman–Crippen LogP) is 1.61. The van der Waals surface area contributed by atoms with Crippen LogP contribution in [0.5, 0.6) is 0 Å². The summed E-state index contributed by atoms with van der Waals surface area (Å²) in [6, 6.07) is 5.56. The number of rotatable bonds is 2. The van der Waals surface area contributed by atoms with Gasteiger partial charge in [0.25, 0.3) is 0 Å². The van der Waals surface area contributed by atoms with Gasteiger partial charge in [0.15, 0.2) is 5.78 Å². The van der Waals surface area contributed by atoms with Crippen molar-refractivity contribution in [1.29, 1.82) is 0 Å². The van der Waals surface area contributed by atoms with Crippen molar-refractivity contribution in [2.24, 2.45) is 7.05 Å². The number of carboxylic acids is 1. The summed E-state index contributed by atoms with van der Waals surface area (Å²) in [5, 5.41) is 12.7. The highest BCUT2D eigenvalue weighted by molar-refractivity contribution is 6.31. The van der Waals surface area contributed by atoms with Crippen LogP contribution in [0.3, 0.4) is 0 Å². The quantitative estimate of drug-likeness (QED) is 0.824. The van der Waals surface area contributed by atoms with Gasteiger partial charge in [-0.25, -0.2) is 4.79 Å². The van der Waals surface area contributed by atoms with Gasteiger partial charge in [-0.3, -0.25) is 9.59 Å². The summed E-state index contributed by atoms with van der Waals surface area (Å²) in [4.78, 5) is 35.1. The molecule has 1 amide bonds. The van der Waals surface area contributed by atoms with E-state index in [0.29, 0.717) is 10.9 Å². The summed E-state index contributed by atoms with van der Waals surface area (Å²) in [5.74, 6) is -1.88. The maximum Gasteiger partial charge on any atom is 0.353 e. The zero-order valence-corrected chi connectivity index (χ0v) is 12.1. The Kier molecular flexibility index (Phi) is 3.09. The fourth-order valence-corrected chi connectivity index (χ4v) is 2.82. The van der Waals surface area contributed by atoms with Crippen LogP contribution in [0.1, 0.15) is 28.0 Å². The monoisotopic (exact) mass is 298 g/mol. The molecule has 112 valence electrons. The van der Waals surface area contributed by atoms with E-state index < -0.39 is 5.97 Å². The molecule has 0 saturated heterocycles. The number of hydrogen-bond acceptors (Lipinski definition) is 3. The Morgan fingerprint density at radius 2 is 2.05 bits per heavy atom. The first-order chi connectivity index (χ1) is 10.4. The molecule has 0 spiro atoms. The van der Waals surface area contributed by atoms with E-state index in [2.05, 4.69) is 5.32 Å². The molecular formula is C16H14N2O4. The molecule has 1 aromatic heterocycles. The number of hydrogen-bond donors (Lipinski definition) is 2. The molecule has 2 aromatic rings. The van der Waals surface area contributed by atoms with E-state index in [0.717, 1.165) is 11.1 Å². The first-order valence-corrected chi connectivity index (χ1v) is 6.75. The Labute approximate surface area is 126 Å². The number of aromatic nitrogens is 1. The zero-order valence-electron chi connectivity index (χ0n) is 12.1. The summed E-state index contributed by atoms with van der Waals surface area (Å²) in [7, 11) is 1.65. The van der Waals surface area contributed by atoms with E-state index in [4.69, 9.17) is 0 Å². The number of carboxylic acid groups (broad SMARTS) is 1. The van der Waals surface area contributed by atoms with Crippen molar-refractivity contribution in [3.05, 3.63) is 41.2 Å². The van der Waals surface area contributed by atoms with Gasteiger partial charge in [0.05, 0.1) is 6.42 Å². The number of aryl methyl sites for hydroxylation is 2. The van der Waals surface area contributed by atoms with Crippen LogP contribution in [0.25, 0.3) is 16.5 Å². The number of nitrogens with one attached hydrogen (secondary N) is 1. The molecule has 0 saturated carbocycles. The molecule has 6 heteroatoms. The van der Waals surface area contributed by atoms with E-state index in [1.54, 1.807) is 11.6 Å². The SMILES string of the molecule is Cc1ccc2c(c1)c(C1=CNC(=O)CC1=O)c(C(=O)O)n2C. The highest BCUT2D eigenvalue weighted by atomic mass is 16.4. The smallest absolute Gasteiger partial charge is 0.353 e. The van der Waals surface area contributed by atoms with Crippen LogP contribution in [0.2, 0.25) is 0 Å². The van der Waals surface area contributed by atoms with Gasteiger partial charge in [0.2, 0.25) is 5.91 Å². The minimum atomic E-state index is -1.11.